The molecule has 3 aromatic rings. The smallest absolute Gasteiger partial charge is 0.269 e. The van der Waals surface area contributed by atoms with Gasteiger partial charge in [0.05, 0.1) is 4.47 Å². The molecule has 1 saturated heterocycles. The molecule has 1 atom stereocenters. The molecule has 1 N–H and O–H groups in total. The maximum Gasteiger partial charge on any atom is 0.269 e. The fourth-order valence-corrected chi connectivity index (χ4v) is 4.57. The highest BCUT2D eigenvalue weighted by Crippen LogP contribution is 2.30. The van der Waals surface area contributed by atoms with Gasteiger partial charge in [0.25, 0.3) is 5.91 Å². The number of carbonyl (C=O) groups excluding carboxylic acids is 1. The predicted octanol–water partition coefficient (Wildman–Crippen LogP) is 4.20. The number of rotatable bonds is 4. The number of fused-ring (bicyclic) bond motifs is 1. The molecular formula is C21H22BrN3O. The van der Waals surface area contributed by atoms with Crippen molar-refractivity contribution in [1.82, 2.24) is 9.88 Å². The van der Waals surface area contributed by atoms with Crippen LogP contribution in [0.1, 0.15) is 16.9 Å². The van der Waals surface area contributed by atoms with Crippen LogP contribution in [-0.2, 0) is 7.05 Å². The van der Waals surface area contributed by atoms with Crippen molar-refractivity contribution in [3.8, 4) is 0 Å². The summed E-state index contributed by atoms with van der Waals surface area (Å²) in [6, 6.07) is 18.5. The number of para-hydroxylation sites is 2. The number of carbonyl (C=O) groups is 1. The van der Waals surface area contributed by atoms with Crippen LogP contribution in [0.25, 0.3) is 10.9 Å². The summed E-state index contributed by atoms with van der Waals surface area (Å²) in [5, 5.41) is 4.21. The Morgan fingerprint density at radius 3 is 2.65 bits per heavy atom. The number of halogens is 1. The van der Waals surface area contributed by atoms with Crippen LogP contribution >= 0.6 is 15.9 Å². The summed E-state index contributed by atoms with van der Waals surface area (Å²) in [6.45, 7) is 2.74. The molecule has 134 valence electrons. The fourth-order valence-electron chi connectivity index (χ4n) is 3.79. The molecule has 1 aromatic heterocycles. The zero-order valence-corrected chi connectivity index (χ0v) is 16.4. The van der Waals surface area contributed by atoms with Gasteiger partial charge in [-0.3, -0.25) is 4.79 Å². The lowest BCUT2D eigenvalue weighted by molar-refractivity contribution is 0.0939. The lowest BCUT2D eigenvalue weighted by Crippen LogP contribution is -2.32. The van der Waals surface area contributed by atoms with E-state index in [2.05, 4.69) is 50.4 Å². The SMILES string of the molecule is Cn1c(C(=O)NC[C@H]2CCN(c3ccccc3)C2)c(Br)c2ccccc21. The van der Waals surface area contributed by atoms with Crippen molar-refractivity contribution in [2.45, 2.75) is 6.42 Å². The first-order chi connectivity index (χ1) is 12.6. The molecule has 1 aliphatic heterocycles. The summed E-state index contributed by atoms with van der Waals surface area (Å²) >= 11 is 3.61. The van der Waals surface area contributed by atoms with Crippen molar-refractivity contribution in [2.75, 3.05) is 24.5 Å². The van der Waals surface area contributed by atoms with E-state index in [1.165, 1.54) is 5.69 Å². The predicted molar refractivity (Wildman–Crippen MR) is 110 cm³/mol. The van der Waals surface area contributed by atoms with Gasteiger partial charge in [-0.25, -0.2) is 0 Å². The molecule has 0 radical (unpaired) electrons. The van der Waals surface area contributed by atoms with Crippen LogP contribution in [0.4, 0.5) is 5.69 Å². The van der Waals surface area contributed by atoms with E-state index in [-0.39, 0.29) is 5.91 Å². The third-order valence-corrected chi connectivity index (χ3v) is 6.02. The molecule has 2 aromatic carbocycles. The molecular weight excluding hydrogens is 390 g/mol. The van der Waals surface area contributed by atoms with Gasteiger partial charge in [-0.2, -0.15) is 0 Å². The molecule has 0 spiro atoms. The third-order valence-electron chi connectivity index (χ3n) is 5.22. The van der Waals surface area contributed by atoms with Crippen LogP contribution in [0.5, 0.6) is 0 Å². The summed E-state index contributed by atoms with van der Waals surface area (Å²) < 4.78 is 2.82. The first-order valence-electron chi connectivity index (χ1n) is 8.96. The molecule has 4 rings (SSSR count). The second-order valence-electron chi connectivity index (χ2n) is 6.89. The van der Waals surface area contributed by atoms with Crippen molar-refractivity contribution in [3.05, 3.63) is 64.8 Å². The highest BCUT2D eigenvalue weighted by molar-refractivity contribution is 9.10. The zero-order valence-electron chi connectivity index (χ0n) is 14.8. The third kappa shape index (κ3) is 3.12. The average molecular weight is 412 g/mol. The Morgan fingerprint density at radius 1 is 1.15 bits per heavy atom. The Balaban J connectivity index is 1.42. The minimum Gasteiger partial charge on any atom is -0.371 e. The molecule has 0 unspecified atom stereocenters. The number of hydrogen-bond acceptors (Lipinski definition) is 2. The van der Waals surface area contributed by atoms with Crippen LogP contribution < -0.4 is 10.2 Å². The van der Waals surface area contributed by atoms with Crippen molar-refractivity contribution < 1.29 is 4.79 Å². The van der Waals surface area contributed by atoms with Gasteiger partial charge in [-0.05, 0) is 46.5 Å². The number of nitrogens with one attached hydrogen (secondary N) is 1. The van der Waals surface area contributed by atoms with Gasteiger partial charge in [0.15, 0.2) is 0 Å². The Hall–Kier alpha value is -2.27. The monoisotopic (exact) mass is 411 g/mol. The summed E-state index contributed by atoms with van der Waals surface area (Å²) in [5.41, 5.74) is 3.00. The Kier molecular flexibility index (Phi) is 4.72. The minimum atomic E-state index is -0.0197. The van der Waals surface area contributed by atoms with E-state index in [9.17, 15) is 4.79 Å². The number of amides is 1. The second kappa shape index (κ2) is 7.16. The number of hydrogen-bond donors (Lipinski definition) is 1. The lowest BCUT2D eigenvalue weighted by atomic mass is 10.1. The van der Waals surface area contributed by atoms with Gasteiger partial charge in [-0.15, -0.1) is 0 Å². The van der Waals surface area contributed by atoms with Crippen molar-refractivity contribution in [1.29, 1.82) is 0 Å². The Labute approximate surface area is 161 Å². The van der Waals surface area contributed by atoms with Gasteiger partial charge < -0.3 is 14.8 Å². The van der Waals surface area contributed by atoms with Crippen LogP contribution in [-0.4, -0.2) is 30.1 Å². The molecule has 0 bridgehead atoms. The zero-order chi connectivity index (χ0) is 18.1. The number of aryl methyl sites for hydroxylation is 1. The first kappa shape index (κ1) is 17.2. The Bertz CT molecular complexity index is 896. The highest BCUT2D eigenvalue weighted by Gasteiger charge is 2.25. The molecule has 0 aliphatic carbocycles. The van der Waals surface area contributed by atoms with E-state index in [4.69, 9.17) is 0 Å². The maximum absolute atomic E-state index is 12.8. The van der Waals surface area contributed by atoms with Crippen LogP contribution in [0.2, 0.25) is 0 Å². The molecule has 0 saturated carbocycles. The molecule has 26 heavy (non-hydrogen) atoms. The van der Waals surface area contributed by atoms with E-state index >= 15 is 0 Å². The van der Waals surface area contributed by atoms with E-state index < -0.39 is 0 Å². The molecule has 5 heteroatoms. The molecule has 1 amide bonds. The van der Waals surface area contributed by atoms with Gasteiger partial charge in [0.1, 0.15) is 5.69 Å². The summed E-state index contributed by atoms with van der Waals surface area (Å²) in [6.07, 6.45) is 1.10. The quantitative estimate of drug-likeness (QED) is 0.698. The normalized spacial score (nSPS) is 17.0. The van der Waals surface area contributed by atoms with E-state index in [1.54, 1.807) is 0 Å². The molecule has 4 nitrogen and oxygen atoms in total. The van der Waals surface area contributed by atoms with E-state index in [0.29, 0.717) is 18.2 Å². The van der Waals surface area contributed by atoms with Crippen LogP contribution in [0.3, 0.4) is 0 Å². The number of aromatic nitrogens is 1. The maximum atomic E-state index is 12.8. The van der Waals surface area contributed by atoms with Gasteiger partial charge in [0.2, 0.25) is 0 Å². The molecule has 2 heterocycles. The molecule has 1 aliphatic rings. The summed E-state index contributed by atoms with van der Waals surface area (Å²) in [7, 11) is 1.94. The van der Waals surface area contributed by atoms with Gasteiger partial charge >= 0.3 is 0 Å². The van der Waals surface area contributed by atoms with E-state index in [1.807, 2.05) is 41.9 Å². The molecule has 1 fully saturated rings. The van der Waals surface area contributed by atoms with Crippen molar-refractivity contribution >= 4 is 38.4 Å². The summed E-state index contributed by atoms with van der Waals surface area (Å²) in [5.74, 6) is 0.460. The van der Waals surface area contributed by atoms with E-state index in [0.717, 1.165) is 34.9 Å². The lowest BCUT2D eigenvalue weighted by Gasteiger charge is -2.18. The number of nitrogens with zero attached hydrogens (tertiary/aromatic N) is 2. The largest absolute Gasteiger partial charge is 0.371 e. The first-order valence-corrected chi connectivity index (χ1v) is 9.75. The highest BCUT2D eigenvalue weighted by atomic mass is 79.9. The van der Waals surface area contributed by atoms with Gasteiger partial charge in [0, 0.05) is 43.3 Å². The average Bonchev–Trinajstić information content (AvgIpc) is 3.25. The van der Waals surface area contributed by atoms with Crippen molar-refractivity contribution in [2.24, 2.45) is 13.0 Å². The van der Waals surface area contributed by atoms with Crippen LogP contribution in [0.15, 0.2) is 59.1 Å². The standard InChI is InChI=1S/C21H22BrN3O/c1-24-18-10-6-5-9-17(18)19(22)20(24)21(26)23-13-15-11-12-25(14-15)16-7-3-2-4-8-16/h2-10,15H,11-14H2,1H3,(H,23,26)/t15-/m1/s1. The minimum absolute atomic E-state index is 0.0197. The second-order valence-corrected chi connectivity index (χ2v) is 7.68. The van der Waals surface area contributed by atoms with Crippen LogP contribution in [0, 0.1) is 5.92 Å². The number of benzene rings is 2. The fraction of sp³-hybridized carbons (Fsp3) is 0.286. The Morgan fingerprint density at radius 2 is 1.88 bits per heavy atom. The number of anilines is 1. The topological polar surface area (TPSA) is 37.3 Å². The summed E-state index contributed by atoms with van der Waals surface area (Å²) in [4.78, 5) is 15.2. The van der Waals surface area contributed by atoms with Gasteiger partial charge in [-0.1, -0.05) is 36.4 Å². The van der Waals surface area contributed by atoms with Crippen molar-refractivity contribution in [3.63, 3.8) is 0 Å².